The SMILES string of the molecule is C=C(C)C(=O)N1CCn2cc(C(=O)NCCc3ccccc3)nc2C1c1ccccc1. The molecule has 0 aliphatic carbocycles. The van der Waals surface area contributed by atoms with E-state index in [-0.39, 0.29) is 17.9 Å². The van der Waals surface area contributed by atoms with Gasteiger partial charge in [0.2, 0.25) is 5.91 Å². The Morgan fingerprint density at radius 3 is 2.42 bits per heavy atom. The fourth-order valence-corrected chi connectivity index (χ4v) is 3.90. The number of hydrogen-bond donors (Lipinski definition) is 1. The zero-order chi connectivity index (χ0) is 21.8. The van der Waals surface area contributed by atoms with Crippen molar-refractivity contribution in [1.29, 1.82) is 0 Å². The van der Waals surface area contributed by atoms with Gasteiger partial charge in [-0.15, -0.1) is 0 Å². The first-order chi connectivity index (χ1) is 15.0. The number of carbonyl (C=O) groups is 2. The van der Waals surface area contributed by atoms with Gasteiger partial charge in [0.1, 0.15) is 17.6 Å². The van der Waals surface area contributed by atoms with E-state index in [9.17, 15) is 9.59 Å². The second-order valence-corrected chi connectivity index (χ2v) is 7.76. The Hall–Kier alpha value is -3.67. The number of benzene rings is 2. The maximum absolute atomic E-state index is 12.8. The van der Waals surface area contributed by atoms with Crippen molar-refractivity contribution in [2.45, 2.75) is 25.9 Å². The zero-order valence-electron chi connectivity index (χ0n) is 17.6. The van der Waals surface area contributed by atoms with Crippen LogP contribution in [0.4, 0.5) is 0 Å². The number of carbonyl (C=O) groups excluding carboxylic acids is 2. The van der Waals surface area contributed by atoms with Crippen LogP contribution in [0.25, 0.3) is 0 Å². The fourth-order valence-electron chi connectivity index (χ4n) is 3.90. The van der Waals surface area contributed by atoms with Crippen LogP contribution in [0.1, 0.15) is 40.4 Å². The van der Waals surface area contributed by atoms with E-state index in [2.05, 4.69) is 16.9 Å². The largest absolute Gasteiger partial charge is 0.350 e. The minimum Gasteiger partial charge on any atom is -0.350 e. The molecule has 4 rings (SSSR count). The second kappa shape index (κ2) is 9.00. The lowest BCUT2D eigenvalue weighted by Gasteiger charge is -2.36. The van der Waals surface area contributed by atoms with E-state index in [1.165, 1.54) is 5.56 Å². The van der Waals surface area contributed by atoms with Crippen LogP contribution in [0.5, 0.6) is 0 Å². The summed E-state index contributed by atoms with van der Waals surface area (Å²) < 4.78 is 1.98. The number of nitrogens with zero attached hydrogens (tertiary/aromatic N) is 3. The van der Waals surface area contributed by atoms with E-state index in [0.29, 0.717) is 36.7 Å². The summed E-state index contributed by atoms with van der Waals surface area (Å²) in [6.07, 6.45) is 2.54. The summed E-state index contributed by atoms with van der Waals surface area (Å²) in [5.41, 5.74) is 2.98. The van der Waals surface area contributed by atoms with Gasteiger partial charge in [0, 0.05) is 31.4 Å². The van der Waals surface area contributed by atoms with Gasteiger partial charge in [-0.2, -0.15) is 0 Å². The molecule has 31 heavy (non-hydrogen) atoms. The minimum absolute atomic E-state index is 0.100. The summed E-state index contributed by atoms with van der Waals surface area (Å²) in [6.45, 7) is 7.20. The molecule has 0 radical (unpaired) electrons. The van der Waals surface area contributed by atoms with Gasteiger partial charge in [-0.3, -0.25) is 9.59 Å². The standard InChI is InChI=1S/C25H26N4O2/c1-18(2)25(31)29-16-15-28-17-21(24(30)26-14-13-19-9-5-3-6-10-19)27-23(28)22(29)20-11-7-4-8-12-20/h3-12,17,22H,1,13-16H2,2H3,(H,26,30). The lowest BCUT2D eigenvalue weighted by Crippen LogP contribution is -2.43. The minimum atomic E-state index is -0.356. The molecule has 2 heterocycles. The Morgan fingerprint density at radius 1 is 1.06 bits per heavy atom. The zero-order valence-corrected chi connectivity index (χ0v) is 17.6. The number of amides is 2. The van der Waals surface area contributed by atoms with E-state index in [0.717, 1.165) is 12.0 Å². The van der Waals surface area contributed by atoms with E-state index >= 15 is 0 Å². The van der Waals surface area contributed by atoms with Crippen molar-refractivity contribution in [2.75, 3.05) is 13.1 Å². The van der Waals surface area contributed by atoms with Gasteiger partial charge in [-0.05, 0) is 24.5 Å². The Morgan fingerprint density at radius 2 is 1.74 bits per heavy atom. The Bertz CT molecular complexity index is 1090. The van der Waals surface area contributed by atoms with Crippen LogP contribution in [0.3, 0.4) is 0 Å². The molecule has 0 spiro atoms. The Kier molecular flexibility index (Phi) is 5.98. The van der Waals surface area contributed by atoms with Crippen LogP contribution >= 0.6 is 0 Å². The number of hydrogen-bond acceptors (Lipinski definition) is 3. The van der Waals surface area contributed by atoms with Gasteiger partial charge in [0.05, 0.1) is 0 Å². The molecule has 6 nitrogen and oxygen atoms in total. The summed E-state index contributed by atoms with van der Waals surface area (Å²) in [6, 6.07) is 19.5. The Labute approximate surface area is 182 Å². The molecule has 1 aromatic heterocycles. The van der Waals surface area contributed by atoms with E-state index < -0.39 is 0 Å². The summed E-state index contributed by atoms with van der Waals surface area (Å²) in [5.74, 6) is 0.389. The van der Waals surface area contributed by atoms with Gasteiger partial charge in [-0.25, -0.2) is 4.98 Å². The average Bonchev–Trinajstić information content (AvgIpc) is 3.23. The third-order valence-corrected chi connectivity index (χ3v) is 5.46. The molecule has 158 valence electrons. The summed E-state index contributed by atoms with van der Waals surface area (Å²) in [5, 5.41) is 2.95. The molecule has 2 aromatic carbocycles. The number of fused-ring (bicyclic) bond motifs is 1. The number of aromatic nitrogens is 2. The highest BCUT2D eigenvalue weighted by Gasteiger charge is 2.34. The van der Waals surface area contributed by atoms with E-state index in [4.69, 9.17) is 0 Å². The smallest absolute Gasteiger partial charge is 0.271 e. The lowest BCUT2D eigenvalue weighted by atomic mass is 10.0. The molecule has 1 atom stereocenters. The average molecular weight is 415 g/mol. The normalized spacial score (nSPS) is 15.3. The maximum Gasteiger partial charge on any atom is 0.271 e. The molecule has 0 saturated carbocycles. The molecule has 1 aliphatic heterocycles. The first kappa shape index (κ1) is 20.6. The molecule has 3 aromatic rings. The topological polar surface area (TPSA) is 67.2 Å². The predicted molar refractivity (Wildman–Crippen MR) is 120 cm³/mol. The van der Waals surface area contributed by atoms with Crippen LogP contribution in [0.2, 0.25) is 0 Å². The van der Waals surface area contributed by atoms with Gasteiger partial charge in [0.25, 0.3) is 5.91 Å². The summed E-state index contributed by atoms with van der Waals surface area (Å²) in [4.78, 5) is 32.0. The molecule has 0 fully saturated rings. The van der Waals surface area contributed by atoms with E-state index in [1.54, 1.807) is 18.0 Å². The number of imidazole rings is 1. The highest BCUT2D eigenvalue weighted by molar-refractivity contribution is 5.93. The van der Waals surface area contributed by atoms with Crippen molar-refractivity contribution in [3.05, 3.63) is 102 Å². The van der Waals surface area contributed by atoms with Crippen LogP contribution in [-0.4, -0.2) is 39.4 Å². The summed E-state index contributed by atoms with van der Waals surface area (Å²) in [7, 11) is 0. The van der Waals surface area contributed by atoms with Gasteiger partial charge in [-0.1, -0.05) is 67.2 Å². The molecule has 1 aliphatic rings. The molecule has 0 saturated heterocycles. The predicted octanol–water partition coefficient (Wildman–Crippen LogP) is 3.36. The number of nitrogens with one attached hydrogen (secondary N) is 1. The van der Waals surface area contributed by atoms with Crippen LogP contribution in [0.15, 0.2) is 79.0 Å². The van der Waals surface area contributed by atoms with Gasteiger partial charge in [0.15, 0.2) is 0 Å². The van der Waals surface area contributed by atoms with Gasteiger partial charge < -0.3 is 14.8 Å². The molecule has 1 N–H and O–H groups in total. The monoisotopic (exact) mass is 414 g/mol. The highest BCUT2D eigenvalue weighted by Crippen LogP contribution is 2.32. The van der Waals surface area contributed by atoms with Crippen molar-refractivity contribution in [3.63, 3.8) is 0 Å². The Balaban J connectivity index is 1.56. The molecule has 2 amide bonds. The van der Waals surface area contributed by atoms with Crippen LogP contribution < -0.4 is 5.32 Å². The van der Waals surface area contributed by atoms with Gasteiger partial charge >= 0.3 is 0 Å². The first-order valence-electron chi connectivity index (χ1n) is 10.4. The van der Waals surface area contributed by atoms with Crippen molar-refractivity contribution in [2.24, 2.45) is 0 Å². The van der Waals surface area contributed by atoms with E-state index in [1.807, 2.05) is 65.2 Å². The molecular formula is C25H26N4O2. The molecule has 0 bridgehead atoms. The number of rotatable bonds is 6. The van der Waals surface area contributed by atoms with Crippen LogP contribution in [-0.2, 0) is 17.8 Å². The second-order valence-electron chi connectivity index (χ2n) is 7.76. The third kappa shape index (κ3) is 4.43. The quantitative estimate of drug-likeness (QED) is 0.629. The maximum atomic E-state index is 12.8. The molecule has 1 unspecified atom stereocenters. The third-order valence-electron chi connectivity index (χ3n) is 5.46. The van der Waals surface area contributed by atoms with Crippen molar-refractivity contribution in [1.82, 2.24) is 19.8 Å². The summed E-state index contributed by atoms with van der Waals surface area (Å²) >= 11 is 0. The highest BCUT2D eigenvalue weighted by atomic mass is 16.2. The lowest BCUT2D eigenvalue weighted by molar-refractivity contribution is -0.129. The van der Waals surface area contributed by atoms with Crippen molar-refractivity contribution >= 4 is 11.8 Å². The van der Waals surface area contributed by atoms with Crippen LogP contribution in [0, 0.1) is 0 Å². The first-order valence-corrected chi connectivity index (χ1v) is 10.4. The van der Waals surface area contributed by atoms with Crippen molar-refractivity contribution in [3.8, 4) is 0 Å². The fraction of sp³-hybridized carbons (Fsp3) is 0.240. The molecule has 6 heteroatoms. The molecular weight excluding hydrogens is 388 g/mol. The van der Waals surface area contributed by atoms with Crippen molar-refractivity contribution < 1.29 is 9.59 Å².